The van der Waals surface area contributed by atoms with Crippen LogP contribution in [0.15, 0.2) is 59.5 Å². The fraction of sp³-hybridized carbons (Fsp3) is 0.231. The van der Waals surface area contributed by atoms with E-state index in [0.29, 0.717) is 18.0 Å². The third kappa shape index (κ3) is 5.24. The van der Waals surface area contributed by atoms with Crippen molar-refractivity contribution in [2.75, 3.05) is 25.5 Å². The fourth-order valence-electron chi connectivity index (χ4n) is 4.13. The number of amides is 3. The van der Waals surface area contributed by atoms with E-state index in [2.05, 4.69) is 10.6 Å². The molecule has 0 spiro atoms. The molecule has 1 aliphatic rings. The van der Waals surface area contributed by atoms with Gasteiger partial charge < -0.3 is 24.8 Å². The van der Waals surface area contributed by atoms with Gasteiger partial charge in [0, 0.05) is 36.0 Å². The van der Waals surface area contributed by atoms with Crippen molar-refractivity contribution in [3.63, 3.8) is 0 Å². The van der Waals surface area contributed by atoms with Gasteiger partial charge in [0.25, 0.3) is 5.91 Å². The predicted molar refractivity (Wildman–Crippen MR) is 133 cm³/mol. The van der Waals surface area contributed by atoms with E-state index in [1.54, 1.807) is 31.0 Å². The second kappa shape index (κ2) is 10.9. The van der Waals surface area contributed by atoms with Crippen molar-refractivity contribution >= 4 is 28.7 Å². The number of carbonyl (C=O) groups is 2. The van der Waals surface area contributed by atoms with Crippen molar-refractivity contribution in [3.05, 3.63) is 77.1 Å². The number of fused-ring (bicyclic) bond motifs is 1. The molecular weight excluding hydrogens is 485 g/mol. The van der Waals surface area contributed by atoms with Gasteiger partial charge in [-0.2, -0.15) is 0 Å². The lowest BCUT2D eigenvalue weighted by Gasteiger charge is -2.22. The summed E-state index contributed by atoms with van der Waals surface area (Å²) in [5, 5.41) is 5.21. The first kappa shape index (κ1) is 25.3. The van der Waals surface area contributed by atoms with Gasteiger partial charge in [-0.15, -0.1) is 0 Å². The summed E-state index contributed by atoms with van der Waals surface area (Å²) in [4.78, 5) is 26.0. The van der Waals surface area contributed by atoms with E-state index < -0.39 is 21.8 Å². The lowest BCUT2D eigenvalue weighted by molar-refractivity contribution is 0.0731. The van der Waals surface area contributed by atoms with Gasteiger partial charge in [-0.1, -0.05) is 25.1 Å². The number of hydrogen-bond acceptors (Lipinski definition) is 5. The third-order valence-corrected chi connectivity index (χ3v) is 6.68. The zero-order chi connectivity index (χ0) is 25.8. The van der Waals surface area contributed by atoms with Crippen LogP contribution < -0.4 is 15.4 Å². The minimum Gasteiger partial charge on any atom is -0.768 e. The number of benzene rings is 3. The summed E-state index contributed by atoms with van der Waals surface area (Å²) in [5.74, 6) is -0.619. The minimum absolute atomic E-state index is 0.0753. The Kier molecular flexibility index (Phi) is 7.66. The molecule has 0 radical (unpaired) electrons. The van der Waals surface area contributed by atoms with E-state index in [-0.39, 0.29) is 42.6 Å². The number of carbonyl (C=O) groups excluding carboxylic acids is 2. The van der Waals surface area contributed by atoms with Crippen LogP contribution in [-0.2, 0) is 24.0 Å². The van der Waals surface area contributed by atoms with Crippen LogP contribution >= 0.6 is 0 Å². The second-order valence-electron chi connectivity index (χ2n) is 8.17. The van der Waals surface area contributed by atoms with Crippen molar-refractivity contribution in [1.82, 2.24) is 10.2 Å². The van der Waals surface area contributed by atoms with Crippen LogP contribution in [-0.4, -0.2) is 45.8 Å². The van der Waals surface area contributed by atoms with E-state index >= 15 is 0 Å². The maximum absolute atomic E-state index is 14.8. The van der Waals surface area contributed by atoms with E-state index in [0.717, 1.165) is 22.8 Å². The van der Waals surface area contributed by atoms with Gasteiger partial charge >= 0.3 is 6.03 Å². The number of urea groups is 1. The molecule has 3 aromatic carbocycles. The van der Waals surface area contributed by atoms with E-state index in [9.17, 15) is 22.7 Å². The molecule has 0 saturated heterocycles. The zero-order valence-electron chi connectivity index (χ0n) is 19.8. The molecule has 2 N–H and O–H groups in total. The maximum Gasteiger partial charge on any atom is 0.318 e. The molecule has 0 aromatic heterocycles. The zero-order valence-corrected chi connectivity index (χ0v) is 20.6. The molecule has 1 unspecified atom stereocenters. The highest BCUT2D eigenvalue weighted by atomic mass is 32.2. The van der Waals surface area contributed by atoms with Gasteiger partial charge in [-0.05, 0) is 65.0 Å². The first-order valence-corrected chi connectivity index (χ1v) is 12.4. The van der Waals surface area contributed by atoms with Gasteiger partial charge in [-0.3, -0.25) is 9.00 Å². The summed E-state index contributed by atoms with van der Waals surface area (Å²) in [6.07, 6.45) is 0.174. The van der Waals surface area contributed by atoms with Gasteiger partial charge in [0.2, 0.25) is 0 Å². The smallest absolute Gasteiger partial charge is 0.318 e. The Bertz CT molecular complexity index is 1330. The summed E-state index contributed by atoms with van der Waals surface area (Å²) < 4.78 is 43.3. The molecule has 1 heterocycles. The van der Waals surface area contributed by atoms with Crippen LogP contribution in [0.4, 0.5) is 14.9 Å². The van der Waals surface area contributed by atoms with Crippen molar-refractivity contribution in [1.29, 1.82) is 0 Å². The molecule has 188 valence electrons. The van der Waals surface area contributed by atoms with Gasteiger partial charge in [-0.25, -0.2) is 9.18 Å². The van der Waals surface area contributed by atoms with Crippen molar-refractivity contribution in [2.45, 2.75) is 24.8 Å². The number of anilines is 1. The predicted octanol–water partition coefficient (Wildman–Crippen LogP) is 4.08. The number of rotatable bonds is 5. The first-order valence-electron chi connectivity index (χ1n) is 11.4. The number of ether oxygens (including phenoxy) is 1. The summed E-state index contributed by atoms with van der Waals surface area (Å²) in [5.41, 5.74) is 3.48. The number of nitrogens with one attached hydrogen (secondary N) is 2. The number of hydrogen-bond donors (Lipinski definition) is 2. The SMILES string of the molecule is CCc1c(C(=O)N2CCOc3ccc(-c4ccc(NC(=O)NC)cc4)cc3C2)ccc(S(=O)[O-])c1F. The average Bonchev–Trinajstić information content (AvgIpc) is 3.10. The summed E-state index contributed by atoms with van der Waals surface area (Å²) in [6.45, 7) is 2.49. The van der Waals surface area contributed by atoms with E-state index in [1.165, 1.54) is 6.07 Å². The lowest BCUT2D eigenvalue weighted by atomic mass is 10.0. The van der Waals surface area contributed by atoms with Crippen LogP contribution in [0.2, 0.25) is 0 Å². The Balaban J connectivity index is 1.60. The highest BCUT2D eigenvalue weighted by molar-refractivity contribution is 7.79. The van der Waals surface area contributed by atoms with Crippen LogP contribution in [0.3, 0.4) is 0 Å². The monoisotopic (exact) mass is 510 g/mol. The summed E-state index contributed by atoms with van der Waals surface area (Å²) >= 11 is -2.73. The summed E-state index contributed by atoms with van der Waals surface area (Å²) in [6, 6.07) is 15.2. The fourth-order valence-corrected chi connectivity index (χ4v) is 4.58. The Morgan fingerprint density at radius 1 is 1.11 bits per heavy atom. The molecule has 0 bridgehead atoms. The Labute approximate surface area is 210 Å². The normalized spacial score (nSPS) is 13.7. The highest BCUT2D eigenvalue weighted by Gasteiger charge is 2.25. The van der Waals surface area contributed by atoms with Crippen molar-refractivity contribution in [2.24, 2.45) is 0 Å². The van der Waals surface area contributed by atoms with Crippen molar-refractivity contribution < 1.29 is 27.5 Å². The van der Waals surface area contributed by atoms with Crippen molar-refractivity contribution in [3.8, 4) is 16.9 Å². The molecule has 0 saturated carbocycles. The van der Waals surface area contributed by atoms with Gasteiger partial charge in [0.05, 0.1) is 11.4 Å². The van der Waals surface area contributed by atoms with Crippen LogP contribution in [0.5, 0.6) is 5.75 Å². The summed E-state index contributed by atoms with van der Waals surface area (Å²) in [7, 11) is 1.54. The second-order valence-corrected chi connectivity index (χ2v) is 9.08. The topological polar surface area (TPSA) is 111 Å². The van der Waals surface area contributed by atoms with Gasteiger partial charge in [0.1, 0.15) is 18.2 Å². The Hall–Kier alpha value is -3.76. The van der Waals surface area contributed by atoms with Crippen LogP contribution in [0.25, 0.3) is 11.1 Å². The largest absolute Gasteiger partial charge is 0.768 e. The molecule has 4 rings (SSSR count). The molecule has 10 heteroatoms. The highest BCUT2D eigenvalue weighted by Crippen LogP contribution is 2.31. The number of halogens is 1. The Morgan fingerprint density at radius 2 is 1.83 bits per heavy atom. The molecule has 8 nitrogen and oxygen atoms in total. The third-order valence-electron chi connectivity index (χ3n) is 6.00. The minimum atomic E-state index is -2.73. The van der Waals surface area contributed by atoms with Crippen LogP contribution in [0.1, 0.15) is 28.4 Å². The van der Waals surface area contributed by atoms with Crippen LogP contribution in [0, 0.1) is 5.82 Å². The Morgan fingerprint density at radius 3 is 2.50 bits per heavy atom. The average molecular weight is 511 g/mol. The molecule has 1 aliphatic heterocycles. The molecule has 3 aromatic rings. The molecule has 0 aliphatic carbocycles. The molecular formula is C26H25FN3O5S-. The molecule has 0 fully saturated rings. The first-order chi connectivity index (χ1) is 17.3. The van der Waals surface area contributed by atoms with E-state index in [4.69, 9.17) is 4.74 Å². The molecule has 1 atom stereocenters. The van der Waals surface area contributed by atoms with E-state index in [1.807, 2.05) is 30.3 Å². The van der Waals surface area contributed by atoms with Gasteiger partial charge in [0.15, 0.2) is 0 Å². The molecule has 36 heavy (non-hydrogen) atoms. The standard InChI is InChI=1S/C26H26FN3O5S/c1-3-20-21(9-11-23(24(20)27)36(33)34)25(31)30-12-13-35-22-10-6-17(14-18(22)15-30)16-4-7-19(8-5-16)29-26(32)28-2/h4-11,14H,3,12-13,15H2,1-2H3,(H,33,34)(H2,28,29,32)/p-1. The lowest BCUT2D eigenvalue weighted by Crippen LogP contribution is -2.33. The number of nitrogens with zero attached hydrogens (tertiary/aromatic N) is 1. The molecule has 3 amide bonds. The quantitative estimate of drug-likeness (QED) is 0.503. The maximum atomic E-state index is 14.8.